The maximum Gasteiger partial charge on any atom is 2.00 e. The van der Waals surface area contributed by atoms with Crippen molar-refractivity contribution in [1.29, 1.82) is 0 Å². The summed E-state index contributed by atoms with van der Waals surface area (Å²) in [4.78, 5) is 0. The van der Waals surface area contributed by atoms with Gasteiger partial charge < -0.3 is 13.3 Å². The second-order valence-electron chi connectivity index (χ2n) is 2.61. The molecule has 0 aromatic rings. The minimum atomic E-state index is 0. The molecule has 0 bridgehead atoms. The van der Waals surface area contributed by atoms with Gasteiger partial charge in [0.15, 0.2) is 0 Å². The maximum atomic E-state index is 3.73. The molecule has 62 valence electrons. The summed E-state index contributed by atoms with van der Waals surface area (Å²) in [5, 5.41) is 0. The average molecular weight is 312 g/mol. The predicted molar refractivity (Wildman–Crippen MR) is 45.1 cm³/mol. The molecule has 0 aromatic heterocycles. The van der Waals surface area contributed by atoms with Gasteiger partial charge in [0.1, 0.15) is 0 Å². The van der Waals surface area contributed by atoms with Crippen LogP contribution in [-0.4, -0.2) is 0 Å². The fourth-order valence-corrected chi connectivity index (χ4v) is 0.408. The Hall–Kier alpha value is 0.688. The van der Waals surface area contributed by atoms with E-state index in [9.17, 15) is 0 Å². The van der Waals surface area contributed by atoms with Crippen LogP contribution in [-0.2, 0) is 21.1 Å². The van der Waals surface area contributed by atoms with E-state index >= 15 is 0 Å². The van der Waals surface area contributed by atoms with Gasteiger partial charge in [0.05, 0.1) is 0 Å². The molecule has 0 saturated carbocycles. The van der Waals surface area contributed by atoms with Gasteiger partial charge in [-0.2, -0.15) is 20.3 Å². The number of rotatable bonds is 2. The minimum Gasteiger partial charge on any atom is -0.343 e. The molecule has 0 fully saturated rings. The molecule has 0 amide bonds. The first-order chi connectivity index (χ1) is 4.18. The van der Waals surface area contributed by atoms with Crippen LogP contribution in [0.5, 0.6) is 0 Å². The Kier molecular flexibility index (Phi) is 27.7. The van der Waals surface area contributed by atoms with Crippen molar-refractivity contribution in [3.05, 3.63) is 13.3 Å². The maximum absolute atomic E-state index is 3.73. The third kappa shape index (κ3) is 37.8. The normalized spacial score (nSPS) is 7.80. The van der Waals surface area contributed by atoms with Gasteiger partial charge in [0.25, 0.3) is 0 Å². The Morgan fingerprint density at radius 1 is 1.30 bits per heavy atom. The van der Waals surface area contributed by atoms with Gasteiger partial charge in [0.2, 0.25) is 0 Å². The molecule has 0 aromatic carbocycles. The zero-order chi connectivity index (χ0) is 7.70. The van der Waals surface area contributed by atoms with Gasteiger partial charge in [-0.05, 0) is 5.92 Å². The molecule has 0 rings (SSSR count). The van der Waals surface area contributed by atoms with Crippen molar-refractivity contribution < 1.29 is 21.1 Å². The van der Waals surface area contributed by atoms with E-state index in [0.29, 0.717) is 0 Å². The smallest absolute Gasteiger partial charge is 0.343 e. The molecule has 0 N–H and O–H groups in total. The molecule has 0 radical (unpaired) electrons. The Morgan fingerprint density at radius 3 is 1.60 bits per heavy atom. The summed E-state index contributed by atoms with van der Waals surface area (Å²) >= 11 is 0. The fourth-order valence-electron chi connectivity index (χ4n) is 0.408. The van der Waals surface area contributed by atoms with Gasteiger partial charge in [0, 0.05) is 0 Å². The Labute approximate surface area is 81.1 Å². The number of hydrogen-bond donors (Lipinski definition) is 0. The van der Waals surface area contributed by atoms with Crippen LogP contribution in [0.25, 0.3) is 0 Å². The standard InChI is InChI=1S/C6H13.C3H7.W/c1-4-5-6(2)3;1-3-2;/h6H,1,4-5H2,2-3H3;3H,1-2H3;/q2*-1;+2. The quantitative estimate of drug-likeness (QED) is 0.685. The molecule has 0 unspecified atom stereocenters. The van der Waals surface area contributed by atoms with Gasteiger partial charge in [-0.1, -0.05) is 20.3 Å². The first-order valence-corrected chi connectivity index (χ1v) is 3.72. The largest absolute Gasteiger partial charge is 2.00 e. The van der Waals surface area contributed by atoms with Crippen LogP contribution < -0.4 is 0 Å². The summed E-state index contributed by atoms with van der Waals surface area (Å²) in [6.07, 6.45) is 4.34. The van der Waals surface area contributed by atoms with Crippen molar-refractivity contribution in [2.45, 2.75) is 40.5 Å². The molecule has 0 aliphatic carbocycles. The van der Waals surface area contributed by atoms with E-state index in [2.05, 4.69) is 20.8 Å². The van der Waals surface area contributed by atoms with Gasteiger partial charge in [-0.3, -0.25) is 0 Å². The molecule has 0 spiro atoms. The van der Waals surface area contributed by atoms with Crippen LogP contribution in [0.4, 0.5) is 0 Å². The molecule has 0 saturated heterocycles. The zero-order valence-corrected chi connectivity index (χ0v) is 10.6. The fraction of sp³-hybridized carbons (Fsp3) is 0.778. The molecule has 10 heavy (non-hydrogen) atoms. The molecule has 0 aliphatic heterocycles. The van der Waals surface area contributed by atoms with Crippen LogP contribution in [0.2, 0.25) is 0 Å². The number of hydrogen-bond acceptors (Lipinski definition) is 0. The predicted octanol–water partition coefficient (Wildman–Crippen LogP) is 3.48. The van der Waals surface area contributed by atoms with Crippen molar-refractivity contribution in [3.63, 3.8) is 0 Å². The summed E-state index contributed by atoms with van der Waals surface area (Å²) in [6, 6.07) is 0. The summed E-state index contributed by atoms with van der Waals surface area (Å²) < 4.78 is 0. The average Bonchev–Trinajstić information content (AvgIpc) is 1.67. The van der Waals surface area contributed by atoms with Crippen molar-refractivity contribution in [3.8, 4) is 0 Å². The Balaban J connectivity index is -0.000000107. The second kappa shape index (κ2) is 16.3. The summed E-state index contributed by atoms with van der Waals surface area (Å²) in [5.74, 6) is 0.836. The summed E-state index contributed by atoms with van der Waals surface area (Å²) in [7, 11) is 0. The Morgan fingerprint density at radius 2 is 1.60 bits per heavy atom. The van der Waals surface area contributed by atoms with Crippen molar-refractivity contribution in [1.82, 2.24) is 0 Å². The van der Waals surface area contributed by atoms with Crippen LogP contribution in [0, 0.1) is 19.3 Å². The molecule has 0 aliphatic rings. The van der Waals surface area contributed by atoms with Crippen molar-refractivity contribution >= 4 is 0 Å². The monoisotopic (exact) mass is 312 g/mol. The van der Waals surface area contributed by atoms with Crippen LogP contribution in [0.1, 0.15) is 40.5 Å². The molecule has 0 atom stereocenters. The second-order valence-corrected chi connectivity index (χ2v) is 2.61. The first-order valence-electron chi connectivity index (χ1n) is 3.72. The Bertz CT molecular complexity index is 33.7. The van der Waals surface area contributed by atoms with E-state index in [1.54, 1.807) is 0 Å². The van der Waals surface area contributed by atoms with Crippen LogP contribution >= 0.6 is 0 Å². The molecule has 1 heteroatoms. The van der Waals surface area contributed by atoms with Crippen LogP contribution in [0.3, 0.4) is 0 Å². The minimum absolute atomic E-state index is 0. The van der Waals surface area contributed by atoms with Gasteiger partial charge in [-0.15, -0.1) is 0 Å². The van der Waals surface area contributed by atoms with Crippen molar-refractivity contribution in [2.75, 3.05) is 0 Å². The van der Waals surface area contributed by atoms with Gasteiger partial charge in [-0.25, -0.2) is 0 Å². The topological polar surface area (TPSA) is 0 Å². The summed E-state index contributed by atoms with van der Waals surface area (Å²) in [5.41, 5.74) is 0. The van der Waals surface area contributed by atoms with Gasteiger partial charge >= 0.3 is 21.1 Å². The van der Waals surface area contributed by atoms with E-state index in [1.165, 1.54) is 6.42 Å². The zero-order valence-electron chi connectivity index (χ0n) is 7.68. The first kappa shape index (κ1) is 17.0. The van der Waals surface area contributed by atoms with E-state index in [1.807, 2.05) is 20.3 Å². The summed E-state index contributed by atoms with van der Waals surface area (Å²) in [6.45, 7) is 12.2. The third-order valence-corrected chi connectivity index (χ3v) is 0.781. The SMILES string of the molecule is C[CH-]C.[CH2-]CCC(C)C.[W+2]. The molecular weight excluding hydrogens is 292 g/mol. The van der Waals surface area contributed by atoms with E-state index < -0.39 is 0 Å². The third-order valence-electron chi connectivity index (χ3n) is 0.781. The van der Waals surface area contributed by atoms with E-state index in [-0.39, 0.29) is 21.1 Å². The van der Waals surface area contributed by atoms with E-state index in [4.69, 9.17) is 0 Å². The molecular formula is C9H20W. The van der Waals surface area contributed by atoms with Crippen molar-refractivity contribution in [2.24, 2.45) is 5.92 Å². The van der Waals surface area contributed by atoms with Crippen LogP contribution in [0.15, 0.2) is 0 Å². The molecule has 0 heterocycles. The molecule has 0 nitrogen and oxygen atoms in total. The van der Waals surface area contributed by atoms with E-state index in [0.717, 1.165) is 12.3 Å².